The van der Waals surface area contributed by atoms with E-state index in [0.29, 0.717) is 18.2 Å². The molecule has 1 aromatic rings. The van der Waals surface area contributed by atoms with Crippen LogP contribution in [-0.4, -0.2) is 50.8 Å². The van der Waals surface area contributed by atoms with E-state index in [1.165, 1.54) is 12.1 Å². The van der Waals surface area contributed by atoms with Crippen molar-refractivity contribution in [2.75, 3.05) is 45.2 Å². The minimum Gasteiger partial charge on any atom is -0.385 e. The molecule has 0 aliphatic carbocycles. The van der Waals surface area contributed by atoms with Crippen LogP contribution in [0.15, 0.2) is 18.2 Å². The summed E-state index contributed by atoms with van der Waals surface area (Å²) in [7, 11) is 1.72. The van der Waals surface area contributed by atoms with Gasteiger partial charge in [-0.1, -0.05) is 6.07 Å². The number of methoxy groups -OCH3 is 1. The van der Waals surface area contributed by atoms with Crippen molar-refractivity contribution in [3.63, 3.8) is 0 Å². The number of amides is 2. The standard InChI is InChI=1S/C17H26FN3O2/c1-13-4-5-15(18)10-16(13)20-17(22)19-11-14-6-8-21(12-14)7-3-9-23-2/h4-5,10,14H,3,6-9,11-12H2,1-2H3,(H2,19,20,22). The molecule has 0 spiro atoms. The Kier molecular flexibility index (Phi) is 6.80. The largest absolute Gasteiger partial charge is 0.385 e. The molecule has 1 atom stereocenters. The highest BCUT2D eigenvalue weighted by Gasteiger charge is 2.22. The average Bonchev–Trinajstić information content (AvgIpc) is 2.97. The molecule has 1 aliphatic rings. The number of carbonyl (C=O) groups excluding carboxylic acids is 1. The number of carbonyl (C=O) groups is 1. The minimum atomic E-state index is -0.353. The predicted octanol–water partition coefficient (Wildman–Crippen LogP) is 2.61. The lowest BCUT2D eigenvalue weighted by atomic mass is 10.1. The van der Waals surface area contributed by atoms with Crippen molar-refractivity contribution in [1.29, 1.82) is 0 Å². The second-order valence-corrected chi connectivity index (χ2v) is 6.10. The van der Waals surface area contributed by atoms with Crippen molar-refractivity contribution in [1.82, 2.24) is 10.2 Å². The molecule has 1 aliphatic heterocycles. The number of urea groups is 1. The molecule has 2 rings (SSSR count). The van der Waals surface area contributed by atoms with Crippen LogP contribution in [0.1, 0.15) is 18.4 Å². The number of rotatable bonds is 7. The molecule has 1 fully saturated rings. The number of anilines is 1. The predicted molar refractivity (Wildman–Crippen MR) is 89.2 cm³/mol. The Labute approximate surface area is 137 Å². The molecule has 1 saturated heterocycles. The second kappa shape index (κ2) is 8.84. The molecule has 1 heterocycles. The average molecular weight is 323 g/mol. The van der Waals surface area contributed by atoms with Crippen LogP contribution in [-0.2, 0) is 4.74 Å². The highest BCUT2D eigenvalue weighted by atomic mass is 19.1. The smallest absolute Gasteiger partial charge is 0.319 e. The van der Waals surface area contributed by atoms with E-state index in [0.717, 1.165) is 44.6 Å². The van der Waals surface area contributed by atoms with E-state index in [-0.39, 0.29) is 11.8 Å². The maximum Gasteiger partial charge on any atom is 0.319 e. The zero-order valence-electron chi connectivity index (χ0n) is 13.9. The number of ether oxygens (including phenoxy) is 1. The number of hydrogen-bond donors (Lipinski definition) is 2. The third-order valence-electron chi connectivity index (χ3n) is 4.19. The van der Waals surface area contributed by atoms with Gasteiger partial charge in [-0.15, -0.1) is 0 Å². The molecule has 1 aromatic carbocycles. The third kappa shape index (κ3) is 5.80. The van der Waals surface area contributed by atoms with Crippen LogP contribution in [0, 0.1) is 18.7 Å². The van der Waals surface area contributed by atoms with Crippen LogP contribution in [0.25, 0.3) is 0 Å². The Morgan fingerprint density at radius 3 is 3.09 bits per heavy atom. The molecule has 0 radical (unpaired) electrons. The SMILES string of the molecule is COCCCN1CCC(CNC(=O)Nc2cc(F)ccc2C)C1. The van der Waals surface area contributed by atoms with Gasteiger partial charge in [0.05, 0.1) is 0 Å². The number of benzene rings is 1. The van der Waals surface area contributed by atoms with E-state index in [9.17, 15) is 9.18 Å². The second-order valence-electron chi connectivity index (χ2n) is 6.10. The highest BCUT2D eigenvalue weighted by molar-refractivity contribution is 5.90. The first-order valence-corrected chi connectivity index (χ1v) is 8.11. The van der Waals surface area contributed by atoms with Crippen LogP contribution in [0.2, 0.25) is 0 Å². The summed E-state index contributed by atoms with van der Waals surface area (Å²) < 4.78 is 18.3. The van der Waals surface area contributed by atoms with Crippen molar-refractivity contribution in [3.05, 3.63) is 29.6 Å². The van der Waals surface area contributed by atoms with E-state index in [2.05, 4.69) is 15.5 Å². The van der Waals surface area contributed by atoms with Crippen molar-refractivity contribution >= 4 is 11.7 Å². The first-order valence-electron chi connectivity index (χ1n) is 8.11. The van der Waals surface area contributed by atoms with Crippen LogP contribution in [0.4, 0.5) is 14.9 Å². The van der Waals surface area contributed by atoms with Crippen LogP contribution in [0.3, 0.4) is 0 Å². The van der Waals surface area contributed by atoms with Gasteiger partial charge < -0.3 is 20.3 Å². The lowest BCUT2D eigenvalue weighted by Crippen LogP contribution is -2.34. The van der Waals surface area contributed by atoms with Gasteiger partial charge in [0.15, 0.2) is 0 Å². The molecule has 0 saturated carbocycles. The number of aryl methyl sites for hydroxylation is 1. The van der Waals surface area contributed by atoms with Gasteiger partial charge in [0, 0.05) is 39.0 Å². The molecular weight excluding hydrogens is 297 g/mol. The molecule has 2 amide bonds. The summed E-state index contributed by atoms with van der Waals surface area (Å²) in [6, 6.07) is 4.09. The fourth-order valence-corrected chi connectivity index (χ4v) is 2.85. The molecule has 1 unspecified atom stereocenters. The zero-order valence-corrected chi connectivity index (χ0v) is 13.9. The first kappa shape index (κ1) is 17.7. The van der Waals surface area contributed by atoms with Gasteiger partial charge in [-0.2, -0.15) is 0 Å². The molecule has 23 heavy (non-hydrogen) atoms. The quantitative estimate of drug-likeness (QED) is 0.759. The summed E-state index contributed by atoms with van der Waals surface area (Å²) in [6.45, 7) is 6.38. The fraction of sp³-hybridized carbons (Fsp3) is 0.588. The molecule has 128 valence electrons. The van der Waals surface area contributed by atoms with E-state index >= 15 is 0 Å². The van der Waals surface area contributed by atoms with Crippen LogP contribution >= 0.6 is 0 Å². The van der Waals surface area contributed by atoms with Gasteiger partial charge in [-0.25, -0.2) is 9.18 Å². The van der Waals surface area contributed by atoms with Gasteiger partial charge in [0.1, 0.15) is 5.82 Å². The highest BCUT2D eigenvalue weighted by Crippen LogP contribution is 2.17. The Morgan fingerprint density at radius 2 is 2.30 bits per heavy atom. The maximum atomic E-state index is 13.2. The van der Waals surface area contributed by atoms with Crippen molar-refractivity contribution in [2.45, 2.75) is 19.8 Å². The number of halogens is 1. The van der Waals surface area contributed by atoms with E-state index in [1.807, 2.05) is 6.92 Å². The number of nitrogens with one attached hydrogen (secondary N) is 2. The van der Waals surface area contributed by atoms with Gasteiger partial charge in [-0.3, -0.25) is 0 Å². The molecule has 6 heteroatoms. The van der Waals surface area contributed by atoms with Gasteiger partial charge in [-0.05, 0) is 49.9 Å². The summed E-state index contributed by atoms with van der Waals surface area (Å²) >= 11 is 0. The number of likely N-dealkylation sites (tertiary alicyclic amines) is 1. The maximum absolute atomic E-state index is 13.2. The molecular formula is C17H26FN3O2. The summed E-state index contributed by atoms with van der Waals surface area (Å²) in [5.41, 5.74) is 1.35. The Morgan fingerprint density at radius 1 is 1.48 bits per heavy atom. The van der Waals surface area contributed by atoms with Gasteiger partial charge in [0.25, 0.3) is 0 Å². The Hall–Kier alpha value is -1.66. The van der Waals surface area contributed by atoms with Gasteiger partial charge in [0.2, 0.25) is 0 Å². The fourth-order valence-electron chi connectivity index (χ4n) is 2.85. The minimum absolute atomic E-state index is 0.281. The van der Waals surface area contributed by atoms with Crippen LogP contribution in [0.5, 0.6) is 0 Å². The topological polar surface area (TPSA) is 53.6 Å². The van der Waals surface area contributed by atoms with E-state index < -0.39 is 0 Å². The molecule has 2 N–H and O–H groups in total. The first-order chi connectivity index (χ1) is 11.1. The van der Waals surface area contributed by atoms with Gasteiger partial charge >= 0.3 is 6.03 Å². The zero-order chi connectivity index (χ0) is 16.7. The summed E-state index contributed by atoms with van der Waals surface area (Å²) in [5, 5.41) is 5.59. The molecule has 0 bridgehead atoms. The van der Waals surface area contributed by atoms with E-state index in [1.54, 1.807) is 13.2 Å². The summed E-state index contributed by atoms with van der Waals surface area (Å²) in [4.78, 5) is 14.4. The number of nitrogens with zero attached hydrogens (tertiary/aromatic N) is 1. The lowest BCUT2D eigenvalue weighted by molar-refractivity contribution is 0.178. The summed E-state index contributed by atoms with van der Waals surface area (Å²) in [5.74, 6) is 0.116. The molecule has 0 aromatic heterocycles. The normalized spacial score (nSPS) is 18.1. The Bertz CT molecular complexity index is 525. The Balaban J connectivity index is 1.70. The monoisotopic (exact) mass is 323 g/mol. The third-order valence-corrected chi connectivity index (χ3v) is 4.19. The number of hydrogen-bond acceptors (Lipinski definition) is 3. The molecule has 5 nitrogen and oxygen atoms in total. The van der Waals surface area contributed by atoms with Crippen molar-refractivity contribution in [3.8, 4) is 0 Å². The van der Waals surface area contributed by atoms with Crippen molar-refractivity contribution < 1.29 is 13.9 Å². The van der Waals surface area contributed by atoms with Crippen molar-refractivity contribution in [2.24, 2.45) is 5.92 Å². The lowest BCUT2D eigenvalue weighted by Gasteiger charge is -2.16. The summed E-state index contributed by atoms with van der Waals surface area (Å²) in [6.07, 6.45) is 2.13. The van der Waals surface area contributed by atoms with Crippen LogP contribution < -0.4 is 10.6 Å². The van der Waals surface area contributed by atoms with E-state index in [4.69, 9.17) is 4.74 Å².